The Kier molecular flexibility index (Phi) is 3.01. The normalized spacial score (nSPS) is 28.5. The molecule has 2 aromatic rings. The minimum absolute atomic E-state index is 0.127. The van der Waals surface area contributed by atoms with Crippen molar-refractivity contribution in [2.75, 3.05) is 13.1 Å². The molecule has 0 N–H and O–H groups in total. The van der Waals surface area contributed by atoms with Gasteiger partial charge in [0, 0.05) is 43.9 Å². The summed E-state index contributed by atoms with van der Waals surface area (Å²) in [4.78, 5) is 2.97. The van der Waals surface area contributed by atoms with Crippen LogP contribution in [0.5, 0.6) is 0 Å². The fourth-order valence-electron chi connectivity index (χ4n) is 4.48. The van der Waals surface area contributed by atoms with Crippen LogP contribution in [0.1, 0.15) is 30.7 Å². The van der Waals surface area contributed by atoms with E-state index in [2.05, 4.69) is 16.1 Å². The molecule has 3 heterocycles. The van der Waals surface area contributed by atoms with Gasteiger partial charge in [0.15, 0.2) is 9.84 Å². The van der Waals surface area contributed by atoms with Crippen molar-refractivity contribution in [1.82, 2.24) is 14.7 Å². The first-order chi connectivity index (χ1) is 11.5. The quantitative estimate of drug-likeness (QED) is 0.839. The van der Waals surface area contributed by atoms with E-state index in [4.69, 9.17) is 0 Å². The van der Waals surface area contributed by atoms with E-state index in [1.165, 1.54) is 19.3 Å². The average Bonchev–Trinajstić information content (AvgIpc) is 3.15. The molecule has 6 heteroatoms. The van der Waals surface area contributed by atoms with Crippen LogP contribution >= 0.6 is 0 Å². The first-order valence-corrected chi connectivity index (χ1v) is 10.2. The van der Waals surface area contributed by atoms with Crippen molar-refractivity contribution in [3.05, 3.63) is 36.2 Å². The fourth-order valence-corrected chi connectivity index (χ4v) is 6.65. The van der Waals surface area contributed by atoms with Gasteiger partial charge in [-0.25, -0.2) is 8.42 Å². The molecule has 1 aromatic carbocycles. The summed E-state index contributed by atoms with van der Waals surface area (Å²) in [5.74, 6) is 0.127. The van der Waals surface area contributed by atoms with Crippen LogP contribution in [-0.2, 0) is 16.9 Å². The Hall–Kier alpha value is -1.66. The van der Waals surface area contributed by atoms with E-state index >= 15 is 0 Å². The topological polar surface area (TPSA) is 55.2 Å². The lowest BCUT2D eigenvalue weighted by Crippen LogP contribution is -2.39. The second-order valence-corrected chi connectivity index (χ2v) is 9.52. The van der Waals surface area contributed by atoms with Crippen LogP contribution in [0.4, 0.5) is 0 Å². The monoisotopic (exact) mass is 343 g/mol. The van der Waals surface area contributed by atoms with Gasteiger partial charge in [0.2, 0.25) is 0 Å². The zero-order valence-electron chi connectivity index (χ0n) is 13.7. The van der Waals surface area contributed by atoms with Gasteiger partial charge in [0.25, 0.3) is 0 Å². The number of likely N-dealkylation sites (tertiary alicyclic amines) is 1. The van der Waals surface area contributed by atoms with Crippen molar-refractivity contribution in [3.8, 4) is 11.1 Å². The summed E-state index contributed by atoms with van der Waals surface area (Å²) < 4.78 is 27.7. The molecule has 2 fully saturated rings. The summed E-state index contributed by atoms with van der Waals surface area (Å²) in [7, 11) is -1.30. The zero-order chi connectivity index (χ0) is 16.5. The molecule has 2 atom stereocenters. The Morgan fingerprint density at radius 3 is 2.67 bits per heavy atom. The highest BCUT2D eigenvalue weighted by atomic mass is 32.2. The lowest BCUT2D eigenvalue weighted by molar-refractivity contribution is 0.157. The van der Waals surface area contributed by atoms with Gasteiger partial charge in [0.05, 0.1) is 16.3 Å². The SMILES string of the molecule is Cn1cc(-c2ccc3c(c2)[C@@H]2CN(C4CCC4)C[C@@H]2S3(=O)=O)cn1. The Bertz CT molecular complexity index is 914. The first kappa shape index (κ1) is 14.7. The van der Waals surface area contributed by atoms with E-state index in [0.717, 1.165) is 23.2 Å². The molecule has 0 bridgehead atoms. The maximum atomic E-state index is 12.9. The van der Waals surface area contributed by atoms with E-state index in [1.807, 2.05) is 25.5 Å². The van der Waals surface area contributed by atoms with E-state index in [9.17, 15) is 8.42 Å². The van der Waals surface area contributed by atoms with Crippen molar-refractivity contribution in [1.29, 1.82) is 0 Å². The summed E-state index contributed by atoms with van der Waals surface area (Å²) in [5.41, 5.74) is 3.11. The number of nitrogens with zero attached hydrogens (tertiary/aromatic N) is 3. The number of sulfone groups is 1. The summed E-state index contributed by atoms with van der Waals surface area (Å²) in [6, 6.07) is 6.41. The summed E-state index contributed by atoms with van der Waals surface area (Å²) in [5, 5.41) is 3.97. The third-order valence-corrected chi connectivity index (χ3v) is 8.30. The molecular formula is C18H21N3O2S. The van der Waals surface area contributed by atoms with Gasteiger partial charge in [-0.3, -0.25) is 9.58 Å². The smallest absolute Gasteiger partial charge is 0.183 e. The lowest BCUT2D eigenvalue weighted by atomic mass is 9.91. The largest absolute Gasteiger partial charge is 0.298 e. The molecule has 5 rings (SSSR count). The van der Waals surface area contributed by atoms with Crippen molar-refractivity contribution in [3.63, 3.8) is 0 Å². The van der Waals surface area contributed by atoms with Crippen LogP contribution in [0, 0.1) is 0 Å². The van der Waals surface area contributed by atoms with Crippen LogP contribution in [0.2, 0.25) is 0 Å². The minimum Gasteiger partial charge on any atom is -0.298 e. The van der Waals surface area contributed by atoms with E-state index < -0.39 is 9.84 Å². The van der Waals surface area contributed by atoms with Crippen molar-refractivity contribution in [2.24, 2.45) is 7.05 Å². The molecule has 24 heavy (non-hydrogen) atoms. The molecule has 126 valence electrons. The number of rotatable bonds is 2. The standard InChI is InChI=1S/C18H21N3O2S/c1-20-9-13(8-19-20)12-5-6-17-15(7-12)16-10-21(14-3-2-4-14)11-18(16)24(17,22)23/h5-9,14,16,18H,2-4,10-11H2,1H3/t16-,18-/m0/s1. The highest BCUT2D eigenvalue weighted by Crippen LogP contribution is 2.47. The first-order valence-electron chi connectivity index (χ1n) is 8.65. The molecule has 1 aromatic heterocycles. The summed E-state index contributed by atoms with van der Waals surface area (Å²) >= 11 is 0. The van der Waals surface area contributed by atoms with Crippen LogP contribution in [-0.4, -0.2) is 47.5 Å². The second kappa shape index (κ2) is 4.92. The molecule has 1 saturated carbocycles. The number of hydrogen-bond donors (Lipinski definition) is 0. The van der Waals surface area contributed by atoms with E-state index in [0.29, 0.717) is 17.5 Å². The van der Waals surface area contributed by atoms with Gasteiger partial charge in [-0.15, -0.1) is 0 Å². The molecule has 0 unspecified atom stereocenters. The minimum atomic E-state index is -3.19. The van der Waals surface area contributed by atoms with Crippen LogP contribution in [0.25, 0.3) is 11.1 Å². The van der Waals surface area contributed by atoms with Gasteiger partial charge in [-0.1, -0.05) is 12.5 Å². The van der Waals surface area contributed by atoms with Crippen LogP contribution < -0.4 is 0 Å². The highest BCUT2D eigenvalue weighted by molar-refractivity contribution is 7.92. The molecule has 1 aliphatic carbocycles. The van der Waals surface area contributed by atoms with Gasteiger partial charge >= 0.3 is 0 Å². The fraction of sp³-hybridized carbons (Fsp3) is 0.500. The molecule has 5 nitrogen and oxygen atoms in total. The lowest BCUT2D eigenvalue weighted by Gasteiger charge is -2.35. The molecule has 0 radical (unpaired) electrons. The summed E-state index contributed by atoms with van der Waals surface area (Å²) in [6.07, 6.45) is 7.53. The second-order valence-electron chi connectivity index (χ2n) is 7.38. The molecular weight excluding hydrogens is 322 g/mol. The van der Waals surface area contributed by atoms with Crippen LogP contribution in [0.3, 0.4) is 0 Å². The van der Waals surface area contributed by atoms with Gasteiger partial charge in [-0.2, -0.15) is 5.10 Å². The molecule has 2 aliphatic heterocycles. The molecule has 0 spiro atoms. The maximum Gasteiger partial charge on any atom is 0.183 e. The number of benzene rings is 1. The van der Waals surface area contributed by atoms with Crippen molar-refractivity contribution >= 4 is 9.84 Å². The van der Waals surface area contributed by atoms with Gasteiger partial charge in [0.1, 0.15) is 0 Å². The van der Waals surface area contributed by atoms with Gasteiger partial charge < -0.3 is 0 Å². The predicted octanol–water partition coefficient (Wildman–Crippen LogP) is 2.19. The molecule has 0 amide bonds. The third kappa shape index (κ3) is 1.96. The maximum absolute atomic E-state index is 12.9. The third-order valence-electron chi connectivity index (χ3n) is 6.04. The number of aryl methyl sites for hydroxylation is 1. The number of hydrogen-bond acceptors (Lipinski definition) is 4. The zero-order valence-corrected chi connectivity index (χ0v) is 14.5. The summed E-state index contributed by atoms with van der Waals surface area (Å²) in [6.45, 7) is 1.59. The average molecular weight is 343 g/mol. The van der Waals surface area contributed by atoms with E-state index in [1.54, 1.807) is 10.7 Å². The number of fused-ring (bicyclic) bond motifs is 3. The number of aromatic nitrogens is 2. The van der Waals surface area contributed by atoms with Crippen molar-refractivity contribution < 1.29 is 8.42 Å². The Morgan fingerprint density at radius 2 is 2.00 bits per heavy atom. The Labute approximate surface area is 142 Å². The molecule has 1 saturated heterocycles. The van der Waals surface area contributed by atoms with Crippen molar-refractivity contribution in [2.45, 2.75) is 41.4 Å². The Morgan fingerprint density at radius 1 is 1.17 bits per heavy atom. The van der Waals surface area contributed by atoms with Crippen LogP contribution in [0.15, 0.2) is 35.5 Å². The Balaban J connectivity index is 1.56. The predicted molar refractivity (Wildman–Crippen MR) is 91.6 cm³/mol. The highest BCUT2D eigenvalue weighted by Gasteiger charge is 2.51. The van der Waals surface area contributed by atoms with E-state index in [-0.39, 0.29) is 11.2 Å². The van der Waals surface area contributed by atoms with Gasteiger partial charge in [-0.05, 0) is 36.1 Å². The molecule has 3 aliphatic rings.